The monoisotopic (exact) mass is 461 g/mol. The summed E-state index contributed by atoms with van der Waals surface area (Å²) in [5.41, 5.74) is 1.93. The molecule has 0 bridgehead atoms. The molecule has 0 saturated heterocycles. The maximum Gasteiger partial charge on any atom is 0.269 e. The van der Waals surface area contributed by atoms with E-state index in [2.05, 4.69) is 0 Å². The number of rotatable bonds is 6. The molecule has 5 nitrogen and oxygen atoms in total. The zero-order valence-electron chi connectivity index (χ0n) is 8.64. The molecule has 0 aliphatic heterocycles. The van der Waals surface area contributed by atoms with Crippen LogP contribution in [0.3, 0.4) is 0 Å². The highest BCUT2D eigenvalue weighted by Gasteiger charge is 2.04. The van der Waals surface area contributed by atoms with E-state index in [4.69, 9.17) is 6.13 Å². The lowest BCUT2D eigenvalue weighted by molar-refractivity contribution is -0.384. The molecule has 0 atom stereocenters. The molecule has 17 heavy (non-hydrogen) atoms. The Bertz CT molecular complexity index is 397. The Hall–Kier alpha value is -0.260. The largest absolute Gasteiger partial charge is 0.311 e. The Labute approximate surface area is 127 Å². The summed E-state index contributed by atoms with van der Waals surface area (Å²) in [5, 5.41) is 10.5. The first-order chi connectivity index (χ1) is 8.17. The lowest BCUT2D eigenvalue weighted by Crippen LogP contribution is -1.97. The first-order valence-electron chi connectivity index (χ1n) is 4.58. The minimum atomic E-state index is -0.420. The smallest absolute Gasteiger partial charge is 0.269 e. The van der Waals surface area contributed by atoms with Crippen molar-refractivity contribution >= 4 is 57.8 Å². The van der Waals surface area contributed by atoms with E-state index in [-0.39, 0.29) is 5.69 Å². The van der Waals surface area contributed by atoms with Crippen molar-refractivity contribution in [2.24, 2.45) is 0 Å². The number of nitro groups is 1. The Morgan fingerprint density at radius 3 is 2.18 bits per heavy atom. The topological polar surface area (TPSA) is 61.6 Å². The average Bonchev–Trinajstić information content (AvgIpc) is 2.30. The molecule has 92 valence electrons. The zero-order valence-corrected chi connectivity index (χ0v) is 13.0. The highest BCUT2D eigenvalue weighted by molar-refractivity contribution is 14.1. The molecule has 0 aliphatic rings. The van der Waals surface area contributed by atoms with E-state index in [1.54, 1.807) is 12.1 Å². The van der Waals surface area contributed by atoms with Gasteiger partial charge in [0, 0.05) is 12.1 Å². The fourth-order valence-corrected chi connectivity index (χ4v) is 1.99. The molecule has 0 aromatic heterocycles. The number of benzene rings is 1. The van der Waals surface area contributed by atoms with Crippen molar-refractivity contribution in [3.63, 3.8) is 0 Å². The maximum absolute atomic E-state index is 10.5. The quantitative estimate of drug-likeness (QED) is 0.369. The van der Waals surface area contributed by atoms with E-state index in [9.17, 15) is 10.1 Å². The second kappa shape index (κ2) is 7.95. The fourth-order valence-electron chi connectivity index (χ4n) is 1.19. The second-order valence-corrected chi connectivity index (χ2v) is 4.40. The van der Waals surface area contributed by atoms with Crippen molar-refractivity contribution in [3.05, 3.63) is 45.5 Å². The highest BCUT2D eigenvalue weighted by Crippen LogP contribution is 2.15. The Kier molecular flexibility index (Phi) is 6.92. The summed E-state index contributed by atoms with van der Waals surface area (Å²) in [7, 11) is 0. The lowest BCUT2D eigenvalue weighted by Gasteiger charge is -2.03. The first-order valence-corrected chi connectivity index (χ1v) is 6.34. The third-order valence-electron chi connectivity index (χ3n) is 1.95. The predicted octanol–water partition coefficient (Wildman–Crippen LogP) is 3.71. The zero-order chi connectivity index (χ0) is 12.7. The standard InChI is InChI=1S/C10H9I2NO4/c11-16-6-9(7-17-12)5-8-1-3-10(4-2-8)13(14)15/h1-5H,6-7H2. The SMILES string of the molecule is O=[N+]([O-])c1ccc(C=C(COI)COI)cc1. The number of nitro benzene ring substituents is 1. The normalized spacial score (nSPS) is 10.0. The first kappa shape index (κ1) is 14.8. The summed E-state index contributed by atoms with van der Waals surface area (Å²) < 4.78 is 10.0. The van der Waals surface area contributed by atoms with Gasteiger partial charge in [-0.3, -0.25) is 10.1 Å². The van der Waals surface area contributed by atoms with Crippen molar-refractivity contribution in [1.82, 2.24) is 0 Å². The number of non-ortho nitro benzene ring substituents is 1. The van der Waals surface area contributed by atoms with Gasteiger partial charge in [0.25, 0.3) is 5.69 Å². The van der Waals surface area contributed by atoms with Crippen LogP contribution in [0.1, 0.15) is 5.56 Å². The van der Waals surface area contributed by atoms with E-state index >= 15 is 0 Å². The van der Waals surface area contributed by atoms with Crippen molar-refractivity contribution in [1.29, 1.82) is 0 Å². The molecule has 1 aromatic carbocycles. The lowest BCUT2D eigenvalue weighted by atomic mass is 10.1. The van der Waals surface area contributed by atoms with Crippen LogP contribution in [-0.4, -0.2) is 18.1 Å². The van der Waals surface area contributed by atoms with E-state index < -0.39 is 4.92 Å². The van der Waals surface area contributed by atoms with Crippen LogP contribution in [0.4, 0.5) is 5.69 Å². The maximum atomic E-state index is 10.5. The van der Waals surface area contributed by atoms with Crippen LogP contribution in [0.15, 0.2) is 29.8 Å². The van der Waals surface area contributed by atoms with Gasteiger partial charge < -0.3 is 6.13 Å². The van der Waals surface area contributed by atoms with Crippen LogP contribution in [0.5, 0.6) is 0 Å². The number of nitrogens with zero attached hydrogens (tertiary/aromatic N) is 1. The van der Waals surface area contributed by atoms with Crippen LogP contribution >= 0.6 is 46.0 Å². The number of halogens is 2. The fraction of sp³-hybridized carbons (Fsp3) is 0.200. The van der Waals surface area contributed by atoms with Crippen LogP contribution in [0, 0.1) is 10.1 Å². The summed E-state index contributed by atoms with van der Waals surface area (Å²) in [6.07, 6.45) is 1.89. The molecule has 0 N–H and O–H groups in total. The number of hydrogen-bond donors (Lipinski definition) is 0. The van der Waals surface area contributed by atoms with Gasteiger partial charge in [0.2, 0.25) is 0 Å². The van der Waals surface area contributed by atoms with Crippen LogP contribution in [0.25, 0.3) is 6.08 Å². The van der Waals surface area contributed by atoms with Crippen molar-refractivity contribution < 1.29 is 11.1 Å². The van der Waals surface area contributed by atoms with Gasteiger partial charge in [-0.05, 0) is 23.3 Å². The minimum Gasteiger partial charge on any atom is -0.311 e. The molecule has 7 heteroatoms. The molecule has 0 amide bonds. The summed E-state index contributed by atoms with van der Waals surface area (Å²) in [6, 6.07) is 6.33. The molecule has 0 aliphatic carbocycles. The second-order valence-electron chi connectivity index (χ2n) is 3.16. The molecular formula is C10H9I2NO4. The highest BCUT2D eigenvalue weighted by atomic mass is 127. The van der Waals surface area contributed by atoms with Gasteiger partial charge in [-0.1, -0.05) is 6.08 Å². The molecular weight excluding hydrogens is 452 g/mol. The Balaban J connectivity index is 2.83. The van der Waals surface area contributed by atoms with E-state index in [0.717, 1.165) is 11.1 Å². The van der Waals surface area contributed by atoms with Gasteiger partial charge in [0.15, 0.2) is 0 Å². The minimum absolute atomic E-state index is 0.0824. The molecule has 1 aromatic rings. The number of hydrogen-bond acceptors (Lipinski definition) is 4. The third kappa shape index (κ3) is 5.27. The summed E-state index contributed by atoms with van der Waals surface area (Å²) in [5.74, 6) is 0. The van der Waals surface area contributed by atoms with Gasteiger partial charge in [0.1, 0.15) is 46.0 Å². The molecule has 0 unspecified atom stereocenters. The van der Waals surface area contributed by atoms with Gasteiger partial charge in [0.05, 0.1) is 18.1 Å². The van der Waals surface area contributed by atoms with Crippen LogP contribution < -0.4 is 0 Å². The van der Waals surface area contributed by atoms with Crippen LogP contribution in [-0.2, 0) is 6.13 Å². The Morgan fingerprint density at radius 1 is 1.24 bits per heavy atom. The van der Waals surface area contributed by atoms with Crippen LogP contribution in [0.2, 0.25) is 0 Å². The van der Waals surface area contributed by atoms with Gasteiger partial charge >= 0.3 is 0 Å². The molecule has 0 saturated carbocycles. The molecule has 0 heterocycles. The summed E-state index contributed by atoms with van der Waals surface area (Å²) >= 11 is 3.62. The van der Waals surface area contributed by atoms with Crippen molar-refractivity contribution in [2.75, 3.05) is 13.2 Å². The van der Waals surface area contributed by atoms with Gasteiger partial charge in [-0.15, -0.1) is 0 Å². The van der Waals surface area contributed by atoms with E-state index in [1.807, 2.05) is 52.1 Å². The van der Waals surface area contributed by atoms with Gasteiger partial charge in [-0.25, -0.2) is 0 Å². The average molecular weight is 461 g/mol. The Morgan fingerprint density at radius 2 is 1.76 bits per heavy atom. The summed E-state index contributed by atoms with van der Waals surface area (Å²) in [4.78, 5) is 10.1. The van der Waals surface area contributed by atoms with E-state index in [0.29, 0.717) is 13.2 Å². The molecule has 1 rings (SSSR count). The van der Waals surface area contributed by atoms with Crippen molar-refractivity contribution in [2.45, 2.75) is 0 Å². The predicted molar refractivity (Wildman–Crippen MR) is 81.0 cm³/mol. The van der Waals surface area contributed by atoms with E-state index in [1.165, 1.54) is 12.1 Å². The molecule has 0 spiro atoms. The molecule has 0 radical (unpaired) electrons. The van der Waals surface area contributed by atoms with Crippen molar-refractivity contribution in [3.8, 4) is 0 Å². The van der Waals surface area contributed by atoms with Gasteiger partial charge in [-0.2, -0.15) is 0 Å². The molecule has 0 fully saturated rings. The third-order valence-corrected chi connectivity index (χ3v) is 2.58. The summed E-state index contributed by atoms with van der Waals surface area (Å²) in [6.45, 7) is 0.918.